The minimum Gasteiger partial charge on any atom is -0.342 e. The van der Waals surface area contributed by atoms with E-state index in [1.165, 1.54) is 19.8 Å². The number of rotatable bonds is 3. The molecule has 21 heavy (non-hydrogen) atoms. The molecule has 0 amide bonds. The molecule has 1 heterocycles. The second kappa shape index (κ2) is 5.04. The summed E-state index contributed by atoms with van der Waals surface area (Å²) >= 11 is 0. The van der Waals surface area contributed by atoms with Crippen molar-refractivity contribution in [1.82, 2.24) is 9.97 Å². The summed E-state index contributed by atoms with van der Waals surface area (Å²) in [6.45, 7) is 3.73. The first kappa shape index (κ1) is 14.4. The van der Waals surface area contributed by atoms with Crippen LogP contribution < -0.4 is 0 Å². The van der Waals surface area contributed by atoms with Crippen LogP contribution in [-0.2, 0) is 12.6 Å². The van der Waals surface area contributed by atoms with Crippen LogP contribution >= 0.6 is 0 Å². The van der Waals surface area contributed by atoms with Crippen LogP contribution in [0, 0.1) is 18.8 Å². The molecule has 1 aliphatic carbocycles. The van der Waals surface area contributed by atoms with Crippen LogP contribution in [0.25, 0.3) is 11.0 Å². The van der Waals surface area contributed by atoms with Crippen molar-refractivity contribution in [3.05, 3.63) is 29.1 Å². The minimum absolute atomic E-state index is 0.234. The van der Waals surface area contributed by atoms with Crippen molar-refractivity contribution < 1.29 is 13.2 Å². The van der Waals surface area contributed by atoms with Gasteiger partial charge >= 0.3 is 6.18 Å². The monoisotopic (exact) mass is 296 g/mol. The lowest BCUT2D eigenvalue weighted by Crippen LogP contribution is -2.21. The number of halogens is 3. The van der Waals surface area contributed by atoms with Crippen LogP contribution in [0.4, 0.5) is 13.2 Å². The third-order valence-electron chi connectivity index (χ3n) is 4.44. The number of benzene rings is 1. The summed E-state index contributed by atoms with van der Waals surface area (Å²) in [5.41, 5.74) is 0.737. The highest BCUT2D eigenvalue weighted by Crippen LogP contribution is 2.36. The summed E-state index contributed by atoms with van der Waals surface area (Å²) in [4.78, 5) is 7.47. The van der Waals surface area contributed by atoms with Crippen LogP contribution in [-0.4, -0.2) is 9.97 Å². The van der Waals surface area contributed by atoms with E-state index >= 15 is 0 Å². The summed E-state index contributed by atoms with van der Waals surface area (Å²) in [5.74, 6) is 2.37. The van der Waals surface area contributed by atoms with Gasteiger partial charge in [-0.1, -0.05) is 6.92 Å². The van der Waals surface area contributed by atoms with E-state index in [-0.39, 0.29) is 5.56 Å². The fraction of sp³-hybridized carbons (Fsp3) is 0.562. The van der Waals surface area contributed by atoms with Gasteiger partial charge in [0.1, 0.15) is 5.82 Å². The first-order valence-electron chi connectivity index (χ1n) is 7.39. The van der Waals surface area contributed by atoms with E-state index < -0.39 is 11.7 Å². The number of hydrogen-bond acceptors (Lipinski definition) is 1. The Balaban J connectivity index is 1.79. The zero-order valence-electron chi connectivity index (χ0n) is 12.2. The lowest BCUT2D eigenvalue weighted by molar-refractivity contribution is -0.137. The summed E-state index contributed by atoms with van der Waals surface area (Å²) in [5, 5.41) is 0. The summed E-state index contributed by atoms with van der Waals surface area (Å²) in [6.07, 6.45) is 0.0797. The predicted molar refractivity (Wildman–Crippen MR) is 76.0 cm³/mol. The smallest absolute Gasteiger partial charge is 0.342 e. The molecule has 0 unspecified atom stereocenters. The van der Waals surface area contributed by atoms with Crippen LogP contribution in [0.2, 0.25) is 0 Å². The molecule has 0 aliphatic heterocycles. The fourth-order valence-corrected chi connectivity index (χ4v) is 3.29. The summed E-state index contributed by atoms with van der Waals surface area (Å²) < 4.78 is 38.7. The molecule has 2 aromatic rings. The van der Waals surface area contributed by atoms with Gasteiger partial charge in [0.05, 0.1) is 16.6 Å². The molecule has 0 saturated heterocycles. The van der Waals surface area contributed by atoms with Crippen molar-refractivity contribution in [1.29, 1.82) is 0 Å². The van der Waals surface area contributed by atoms with E-state index in [0.29, 0.717) is 11.0 Å². The molecular weight excluding hydrogens is 277 g/mol. The minimum atomic E-state index is -4.32. The second-order valence-corrected chi connectivity index (χ2v) is 6.35. The van der Waals surface area contributed by atoms with Crippen molar-refractivity contribution in [3.63, 3.8) is 0 Å². The number of fused-ring (bicyclic) bond motifs is 1. The molecule has 0 radical (unpaired) electrons. The van der Waals surface area contributed by atoms with Gasteiger partial charge in [-0.2, -0.15) is 13.2 Å². The fourth-order valence-electron chi connectivity index (χ4n) is 3.29. The average Bonchev–Trinajstić information content (AvgIpc) is 2.72. The van der Waals surface area contributed by atoms with Crippen molar-refractivity contribution >= 4 is 11.0 Å². The Kier molecular flexibility index (Phi) is 3.46. The Bertz CT molecular complexity index is 651. The maximum atomic E-state index is 12.9. The number of aryl methyl sites for hydroxylation is 2. The quantitative estimate of drug-likeness (QED) is 0.860. The number of nitrogens with one attached hydrogen (secondary N) is 1. The Morgan fingerprint density at radius 2 is 2.00 bits per heavy atom. The van der Waals surface area contributed by atoms with Gasteiger partial charge in [0, 0.05) is 6.42 Å². The maximum Gasteiger partial charge on any atom is 0.416 e. The molecule has 2 nitrogen and oxygen atoms in total. The molecular formula is C16H19F3N2. The van der Waals surface area contributed by atoms with Gasteiger partial charge in [0.25, 0.3) is 0 Å². The molecule has 1 fully saturated rings. The zero-order valence-corrected chi connectivity index (χ0v) is 12.2. The number of aromatic nitrogens is 2. The third-order valence-corrected chi connectivity index (χ3v) is 4.44. The van der Waals surface area contributed by atoms with Gasteiger partial charge in [-0.05, 0) is 55.7 Å². The number of alkyl halides is 3. The number of imidazole rings is 1. The zero-order chi connectivity index (χ0) is 15.2. The van der Waals surface area contributed by atoms with Gasteiger partial charge in [-0.25, -0.2) is 4.98 Å². The standard InChI is InChI=1S/C16H19F3N2/c1-9-5-11(6-9)3-4-15-20-13-7-10(2)12(16(17,18)19)8-14(13)21-15/h7-9,11H,3-6H2,1-2H3,(H,20,21). The highest BCUT2D eigenvalue weighted by Gasteiger charge is 2.33. The van der Waals surface area contributed by atoms with Crippen LogP contribution in [0.1, 0.15) is 43.1 Å². The Morgan fingerprint density at radius 3 is 2.62 bits per heavy atom. The molecule has 1 aromatic heterocycles. The van der Waals surface area contributed by atoms with Crippen molar-refractivity contribution in [3.8, 4) is 0 Å². The first-order chi connectivity index (χ1) is 9.83. The SMILES string of the molecule is Cc1cc2[nH]c(CCC3CC(C)C3)nc2cc1C(F)(F)F. The van der Waals surface area contributed by atoms with Crippen molar-refractivity contribution in [2.24, 2.45) is 11.8 Å². The molecule has 5 heteroatoms. The first-order valence-corrected chi connectivity index (χ1v) is 7.39. The Labute approximate surface area is 121 Å². The molecule has 1 N–H and O–H groups in total. The van der Waals surface area contributed by atoms with E-state index in [0.717, 1.165) is 36.6 Å². The van der Waals surface area contributed by atoms with Gasteiger partial charge in [0.15, 0.2) is 0 Å². The van der Waals surface area contributed by atoms with Gasteiger partial charge in [-0.15, -0.1) is 0 Å². The summed E-state index contributed by atoms with van der Waals surface area (Å²) in [7, 11) is 0. The van der Waals surface area contributed by atoms with Gasteiger partial charge < -0.3 is 4.98 Å². The van der Waals surface area contributed by atoms with E-state index in [9.17, 15) is 13.2 Å². The molecule has 0 bridgehead atoms. The maximum absolute atomic E-state index is 12.9. The highest BCUT2D eigenvalue weighted by molar-refractivity contribution is 5.77. The molecule has 3 rings (SSSR count). The third kappa shape index (κ3) is 2.92. The van der Waals surface area contributed by atoms with E-state index in [1.54, 1.807) is 6.07 Å². The lowest BCUT2D eigenvalue weighted by atomic mass is 9.74. The Hall–Kier alpha value is -1.52. The molecule has 114 valence electrons. The van der Waals surface area contributed by atoms with Crippen molar-refractivity contribution in [2.45, 2.75) is 45.7 Å². The van der Waals surface area contributed by atoms with E-state index in [2.05, 4.69) is 16.9 Å². The largest absolute Gasteiger partial charge is 0.416 e. The molecule has 0 atom stereocenters. The number of H-pyrrole nitrogens is 1. The second-order valence-electron chi connectivity index (χ2n) is 6.35. The van der Waals surface area contributed by atoms with Gasteiger partial charge in [0.2, 0.25) is 0 Å². The number of hydrogen-bond donors (Lipinski definition) is 1. The Morgan fingerprint density at radius 1 is 1.29 bits per heavy atom. The van der Waals surface area contributed by atoms with E-state index in [1.807, 2.05) is 0 Å². The molecule has 1 aliphatic rings. The average molecular weight is 296 g/mol. The predicted octanol–water partition coefficient (Wildman–Crippen LogP) is 4.87. The molecule has 1 aromatic carbocycles. The van der Waals surface area contributed by atoms with Crippen LogP contribution in [0.3, 0.4) is 0 Å². The lowest BCUT2D eigenvalue weighted by Gasteiger charge is -2.32. The van der Waals surface area contributed by atoms with Crippen LogP contribution in [0.5, 0.6) is 0 Å². The van der Waals surface area contributed by atoms with E-state index in [4.69, 9.17) is 0 Å². The normalized spacial score (nSPS) is 22.5. The van der Waals surface area contributed by atoms with Crippen molar-refractivity contribution in [2.75, 3.05) is 0 Å². The molecule has 0 spiro atoms. The molecule has 1 saturated carbocycles. The summed E-state index contributed by atoms with van der Waals surface area (Å²) in [6, 6.07) is 2.69. The van der Waals surface area contributed by atoms with Gasteiger partial charge in [-0.3, -0.25) is 0 Å². The number of aromatic amines is 1. The topological polar surface area (TPSA) is 28.7 Å². The van der Waals surface area contributed by atoms with Crippen LogP contribution in [0.15, 0.2) is 12.1 Å². The number of nitrogens with zero attached hydrogens (tertiary/aromatic N) is 1. The highest BCUT2D eigenvalue weighted by atomic mass is 19.4.